The van der Waals surface area contributed by atoms with Crippen molar-refractivity contribution >= 4 is 9.84 Å². The van der Waals surface area contributed by atoms with E-state index in [2.05, 4.69) is 0 Å². The van der Waals surface area contributed by atoms with Crippen LogP contribution in [0.2, 0.25) is 0 Å². The van der Waals surface area contributed by atoms with Gasteiger partial charge in [-0.1, -0.05) is 84.4 Å². The zero-order valence-corrected chi connectivity index (χ0v) is 19.0. The molecule has 0 aromatic heterocycles. The average Bonchev–Trinajstić information content (AvgIpc) is 2.83. The summed E-state index contributed by atoms with van der Waals surface area (Å²) in [6.07, 6.45) is 2.34. The van der Waals surface area contributed by atoms with Crippen LogP contribution in [-0.2, 0) is 25.9 Å². The summed E-state index contributed by atoms with van der Waals surface area (Å²) < 4.78 is 39.0. The predicted molar refractivity (Wildman–Crippen MR) is 126 cm³/mol. The second-order valence-electron chi connectivity index (χ2n) is 8.03. The monoisotopic (exact) mass is 448 g/mol. The van der Waals surface area contributed by atoms with Crippen LogP contribution in [0.1, 0.15) is 35.6 Å². The molecule has 0 N–H and O–H groups in total. The van der Waals surface area contributed by atoms with E-state index in [1.807, 2.05) is 85.8 Å². The van der Waals surface area contributed by atoms with Crippen molar-refractivity contribution in [2.45, 2.75) is 43.5 Å². The molecular weight excluding hydrogens is 420 g/mol. The zero-order valence-electron chi connectivity index (χ0n) is 18.2. The third-order valence-electron chi connectivity index (χ3n) is 5.61. The Kier molecular flexibility index (Phi) is 7.20. The number of hydrogen-bond donors (Lipinski definition) is 0. The molecule has 3 aromatic carbocycles. The Morgan fingerprint density at radius 1 is 0.906 bits per heavy atom. The Balaban J connectivity index is 1.50. The highest BCUT2D eigenvalue weighted by Gasteiger charge is 2.34. The topological polar surface area (TPSA) is 52.6 Å². The van der Waals surface area contributed by atoms with Crippen molar-refractivity contribution < 1.29 is 17.9 Å². The summed E-state index contributed by atoms with van der Waals surface area (Å²) in [5.74, 6) is 0. The second kappa shape index (κ2) is 10.3. The molecule has 0 radical (unpaired) electrons. The van der Waals surface area contributed by atoms with E-state index >= 15 is 0 Å². The minimum absolute atomic E-state index is 0.104. The van der Waals surface area contributed by atoms with Crippen molar-refractivity contribution in [3.05, 3.63) is 113 Å². The first kappa shape index (κ1) is 22.5. The lowest BCUT2D eigenvalue weighted by Crippen LogP contribution is -2.27. The highest BCUT2D eigenvalue weighted by molar-refractivity contribution is 7.95. The Labute approximate surface area is 190 Å². The van der Waals surface area contributed by atoms with E-state index < -0.39 is 15.9 Å². The summed E-state index contributed by atoms with van der Waals surface area (Å²) in [6, 6.07) is 26.6. The molecule has 1 heterocycles. The van der Waals surface area contributed by atoms with Gasteiger partial charge in [0.25, 0.3) is 0 Å². The average molecular weight is 449 g/mol. The number of sulfone groups is 1. The van der Waals surface area contributed by atoms with Crippen LogP contribution >= 0.6 is 0 Å². The number of benzene rings is 3. The first-order valence-electron chi connectivity index (χ1n) is 10.9. The van der Waals surface area contributed by atoms with Crippen molar-refractivity contribution in [3.63, 3.8) is 0 Å². The van der Waals surface area contributed by atoms with Crippen molar-refractivity contribution in [3.8, 4) is 0 Å². The van der Waals surface area contributed by atoms with E-state index in [4.69, 9.17) is 9.47 Å². The fourth-order valence-corrected chi connectivity index (χ4v) is 5.37. The molecule has 0 saturated carbocycles. The molecule has 2 atom stereocenters. The van der Waals surface area contributed by atoms with Crippen LogP contribution in [0.3, 0.4) is 0 Å². The van der Waals surface area contributed by atoms with Gasteiger partial charge in [-0.05, 0) is 43.0 Å². The normalized spacial score (nSPS) is 18.8. The van der Waals surface area contributed by atoms with Gasteiger partial charge in [-0.25, -0.2) is 8.42 Å². The van der Waals surface area contributed by atoms with Crippen LogP contribution in [-0.4, -0.2) is 21.1 Å². The van der Waals surface area contributed by atoms with E-state index in [-0.39, 0.29) is 6.10 Å². The molecule has 0 bridgehead atoms. The molecule has 0 unspecified atom stereocenters. The van der Waals surface area contributed by atoms with Gasteiger partial charge < -0.3 is 9.47 Å². The maximum atomic E-state index is 13.4. The maximum Gasteiger partial charge on any atom is 0.205 e. The first-order valence-corrected chi connectivity index (χ1v) is 12.4. The van der Waals surface area contributed by atoms with Gasteiger partial charge >= 0.3 is 0 Å². The lowest BCUT2D eigenvalue weighted by atomic mass is 10.0. The predicted octanol–water partition coefficient (Wildman–Crippen LogP) is 5.79. The lowest BCUT2D eigenvalue weighted by molar-refractivity contribution is -0.0201. The minimum Gasteiger partial charge on any atom is -0.377 e. The third kappa shape index (κ3) is 5.36. The Hall–Kier alpha value is -2.73. The summed E-state index contributed by atoms with van der Waals surface area (Å²) in [4.78, 5) is 0.609. The Morgan fingerprint density at radius 2 is 1.56 bits per heavy atom. The van der Waals surface area contributed by atoms with E-state index in [1.165, 1.54) is 0 Å². The highest BCUT2D eigenvalue weighted by atomic mass is 32.2. The van der Waals surface area contributed by atoms with Gasteiger partial charge in [-0.3, -0.25) is 0 Å². The molecule has 0 aliphatic carbocycles. The zero-order chi connectivity index (χ0) is 22.4. The summed E-state index contributed by atoms with van der Waals surface area (Å²) in [7, 11) is -3.66. The van der Waals surface area contributed by atoms with Gasteiger partial charge in [0, 0.05) is 6.61 Å². The van der Waals surface area contributed by atoms with Gasteiger partial charge in [0.05, 0.1) is 22.5 Å². The molecular formula is C27H28O4S. The molecule has 4 rings (SSSR count). The smallest absolute Gasteiger partial charge is 0.205 e. The first-order chi connectivity index (χ1) is 15.5. The standard InChI is InChI=1S/C27H28O4S/c1-21-12-15-25(16-13-21)32(28,29)26-17-14-24(31-27(26)23-10-6-3-7-11-23)18-19-30-20-22-8-4-2-5-9-22/h2-13,15-17,24,27H,14,18-20H2,1H3/t24-,27-/m1/s1. The SMILES string of the molecule is Cc1ccc(S(=O)(=O)C2=CC[C@H](CCOCc3ccccc3)O[C@@H]2c2ccccc2)cc1. The minimum atomic E-state index is -3.66. The van der Waals surface area contributed by atoms with Crippen molar-refractivity contribution in [1.82, 2.24) is 0 Å². The maximum absolute atomic E-state index is 13.4. The van der Waals surface area contributed by atoms with Gasteiger partial charge in [0.2, 0.25) is 9.84 Å². The lowest BCUT2D eigenvalue weighted by Gasteiger charge is -2.31. The Morgan fingerprint density at radius 3 is 2.25 bits per heavy atom. The molecule has 3 aromatic rings. The summed E-state index contributed by atoms with van der Waals surface area (Å²) in [5.41, 5.74) is 2.99. The van der Waals surface area contributed by atoms with Gasteiger partial charge in [0.1, 0.15) is 6.10 Å². The number of aryl methyl sites for hydroxylation is 1. The molecule has 5 heteroatoms. The van der Waals surface area contributed by atoms with Crippen molar-refractivity contribution in [2.24, 2.45) is 0 Å². The molecule has 0 saturated heterocycles. The molecule has 32 heavy (non-hydrogen) atoms. The summed E-state index contributed by atoms with van der Waals surface area (Å²) in [6.45, 7) is 3.05. The molecule has 1 aliphatic heterocycles. The fourth-order valence-electron chi connectivity index (χ4n) is 3.81. The van der Waals surface area contributed by atoms with Crippen LogP contribution < -0.4 is 0 Å². The summed E-state index contributed by atoms with van der Waals surface area (Å²) >= 11 is 0. The van der Waals surface area contributed by atoms with Gasteiger partial charge in [0.15, 0.2) is 0 Å². The quantitative estimate of drug-likeness (QED) is 0.409. The molecule has 0 amide bonds. The van der Waals surface area contributed by atoms with Crippen LogP contribution in [0.4, 0.5) is 0 Å². The van der Waals surface area contributed by atoms with E-state index in [0.29, 0.717) is 35.9 Å². The van der Waals surface area contributed by atoms with Crippen LogP contribution in [0.15, 0.2) is 101 Å². The summed E-state index contributed by atoms with van der Waals surface area (Å²) in [5, 5.41) is 0. The van der Waals surface area contributed by atoms with E-state index in [9.17, 15) is 8.42 Å². The molecule has 4 nitrogen and oxygen atoms in total. The molecule has 0 spiro atoms. The number of rotatable bonds is 8. The fraction of sp³-hybridized carbons (Fsp3) is 0.259. The largest absolute Gasteiger partial charge is 0.377 e. The third-order valence-corrected chi connectivity index (χ3v) is 7.50. The second-order valence-corrected chi connectivity index (χ2v) is 9.98. The van der Waals surface area contributed by atoms with Gasteiger partial charge in [-0.2, -0.15) is 0 Å². The van der Waals surface area contributed by atoms with Gasteiger partial charge in [-0.15, -0.1) is 0 Å². The van der Waals surface area contributed by atoms with Crippen LogP contribution in [0.25, 0.3) is 0 Å². The molecule has 166 valence electrons. The van der Waals surface area contributed by atoms with E-state index in [0.717, 1.165) is 16.7 Å². The molecule has 0 fully saturated rings. The van der Waals surface area contributed by atoms with Crippen LogP contribution in [0, 0.1) is 6.92 Å². The van der Waals surface area contributed by atoms with Crippen LogP contribution in [0.5, 0.6) is 0 Å². The highest BCUT2D eigenvalue weighted by Crippen LogP contribution is 2.39. The van der Waals surface area contributed by atoms with Crippen molar-refractivity contribution in [2.75, 3.05) is 6.61 Å². The van der Waals surface area contributed by atoms with Crippen molar-refractivity contribution in [1.29, 1.82) is 0 Å². The van der Waals surface area contributed by atoms with E-state index in [1.54, 1.807) is 12.1 Å². The number of hydrogen-bond acceptors (Lipinski definition) is 4. The number of ether oxygens (including phenoxy) is 2. The molecule has 1 aliphatic rings. The Bertz CT molecular complexity index is 1140.